The van der Waals surface area contributed by atoms with Gasteiger partial charge >= 0.3 is 5.97 Å². The minimum absolute atomic E-state index is 0.172. The molecule has 2 aromatic carbocycles. The molecule has 0 fully saturated rings. The molecule has 0 aliphatic carbocycles. The molecule has 134 valence electrons. The molecule has 0 radical (unpaired) electrons. The fourth-order valence-electron chi connectivity index (χ4n) is 2.78. The zero-order valence-corrected chi connectivity index (χ0v) is 14.0. The van der Waals surface area contributed by atoms with Gasteiger partial charge < -0.3 is 20.9 Å². The number of fused-ring (bicyclic) bond motifs is 1. The van der Waals surface area contributed by atoms with Crippen LogP contribution in [0.1, 0.15) is 21.4 Å². The standard InChI is InChI=1S/C19H19N3O4/c1-3-26-13-8-9-14-15(10-13)22(12-6-4-11(20)5-7-12)18(23)16(17(14)21)19(24)25-2/h4-10H,3,20-21H2,1-2H3/i2D3. The zero-order valence-electron chi connectivity index (χ0n) is 17.0. The van der Waals surface area contributed by atoms with Crippen molar-refractivity contribution in [2.24, 2.45) is 0 Å². The summed E-state index contributed by atoms with van der Waals surface area (Å²) in [4.78, 5) is 25.6. The number of esters is 1. The predicted molar refractivity (Wildman–Crippen MR) is 101 cm³/mol. The van der Waals surface area contributed by atoms with Crippen molar-refractivity contribution in [3.8, 4) is 11.4 Å². The average molecular weight is 356 g/mol. The van der Waals surface area contributed by atoms with Gasteiger partial charge in [-0.15, -0.1) is 0 Å². The highest BCUT2D eigenvalue weighted by Crippen LogP contribution is 2.29. The number of anilines is 2. The van der Waals surface area contributed by atoms with Crippen LogP contribution >= 0.6 is 0 Å². The number of nitrogens with zero attached hydrogens (tertiary/aromatic N) is 1. The number of pyridine rings is 1. The molecule has 0 bridgehead atoms. The average Bonchev–Trinajstić information content (AvgIpc) is 2.62. The molecule has 0 aliphatic rings. The van der Waals surface area contributed by atoms with Crippen LogP contribution in [-0.4, -0.2) is 24.2 Å². The van der Waals surface area contributed by atoms with E-state index in [1.54, 1.807) is 42.5 Å². The number of carbonyl (C=O) groups is 1. The molecule has 4 N–H and O–H groups in total. The summed E-state index contributed by atoms with van der Waals surface area (Å²) in [5.41, 5.74) is 11.5. The number of nitrogen functional groups attached to an aromatic ring is 2. The first kappa shape index (κ1) is 13.8. The Labute approximate surface area is 154 Å². The number of nitrogens with two attached hydrogens (primary N) is 2. The van der Waals surface area contributed by atoms with Crippen LogP contribution in [0.5, 0.6) is 5.75 Å². The van der Waals surface area contributed by atoms with Gasteiger partial charge in [0.25, 0.3) is 5.56 Å². The van der Waals surface area contributed by atoms with E-state index >= 15 is 0 Å². The van der Waals surface area contributed by atoms with Gasteiger partial charge in [-0.2, -0.15) is 0 Å². The van der Waals surface area contributed by atoms with Crippen molar-refractivity contribution in [3.05, 3.63) is 58.4 Å². The Balaban J connectivity index is 2.37. The summed E-state index contributed by atoms with van der Waals surface area (Å²) in [5.74, 6) is -0.826. The van der Waals surface area contributed by atoms with E-state index < -0.39 is 24.1 Å². The molecule has 3 aromatic rings. The minimum Gasteiger partial charge on any atom is -0.494 e. The van der Waals surface area contributed by atoms with E-state index in [1.165, 1.54) is 4.57 Å². The lowest BCUT2D eigenvalue weighted by Crippen LogP contribution is -2.28. The lowest BCUT2D eigenvalue weighted by atomic mass is 10.1. The van der Waals surface area contributed by atoms with Crippen molar-refractivity contribution in [2.75, 3.05) is 25.1 Å². The molecule has 1 aromatic heterocycles. The third kappa shape index (κ3) is 2.83. The Kier molecular flexibility index (Phi) is 3.60. The monoisotopic (exact) mass is 356 g/mol. The molecule has 7 nitrogen and oxygen atoms in total. The summed E-state index contributed by atoms with van der Waals surface area (Å²) in [6.45, 7) is 2.23. The topological polar surface area (TPSA) is 110 Å². The number of rotatable bonds is 4. The second-order valence-corrected chi connectivity index (χ2v) is 5.52. The van der Waals surface area contributed by atoms with Gasteiger partial charge in [0.15, 0.2) is 0 Å². The van der Waals surface area contributed by atoms with Gasteiger partial charge in [0.2, 0.25) is 0 Å². The third-order valence-electron chi connectivity index (χ3n) is 3.95. The van der Waals surface area contributed by atoms with Crippen LogP contribution in [0.4, 0.5) is 11.4 Å². The number of ether oxygens (including phenoxy) is 2. The van der Waals surface area contributed by atoms with Crippen LogP contribution in [0.15, 0.2) is 47.3 Å². The van der Waals surface area contributed by atoms with Gasteiger partial charge in [-0.3, -0.25) is 9.36 Å². The summed E-state index contributed by atoms with van der Waals surface area (Å²) in [5, 5.41) is 0.363. The highest BCUT2D eigenvalue weighted by Gasteiger charge is 2.22. The van der Waals surface area contributed by atoms with Crippen molar-refractivity contribution >= 4 is 28.2 Å². The molecule has 7 heteroatoms. The molecule has 3 rings (SSSR count). The fourth-order valence-corrected chi connectivity index (χ4v) is 2.78. The summed E-state index contributed by atoms with van der Waals surface area (Å²) in [7, 11) is -3.02. The van der Waals surface area contributed by atoms with Crippen molar-refractivity contribution in [3.63, 3.8) is 0 Å². The Morgan fingerprint density at radius 1 is 1.19 bits per heavy atom. The van der Waals surface area contributed by atoms with E-state index in [1.807, 2.05) is 6.92 Å². The summed E-state index contributed by atoms with van der Waals surface area (Å²) >= 11 is 0. The molecule has 1 heterocycles. The molecule has 0 amide bonds. The maximum absolute atomic E-state index is 13.2. The third-order valence-corrected chi connectivity index (χ3v) is 3.95. The van der Waals surface area contributed by atoms with Crippen LogP contribution in [0.25, 0.3) is 16.6 Å². The molecule has 0 spiro atoms. The molecule has 0 saturated carbocycles. The number of hydrogen-bond acceptors (Lipinski definition) is 6. The van der Waals surface area contributed by atoms with E-state index in [-0.39, 0.29) is 5.69 Å². The number of carbonyl (C=O) groups excluding carboxylic acids is 1. The molecule has 0 unspecified atom stereocenters. The molecule has 26 heavy (non-hydrogen) atoms. The Bertz CT molecular complexity index is 1140. The number of benzene rings is 2. The summed E-state index contributed by atoms with van der Waals surface area (Å²) in [6.07, 6.45) is 0. The van der Waals surface area contributed by atoms with Crippen LogP contribution in [0.3, 0.4) is 0 Å². The lowest BCUT2D eigenvalue weighted by Gasteiger charge is -2.16. The smallest absolute Gasteiger partial charge is 0.345 e. The summed E-state index contributed by atoms with van der Waals surface area (Å²) in [6, 6.07) is 11.2. The van der Waals surface area contributed by atoms with Crippen molar-refractivity contribution in [1.29, 1.82) is 0 Å². The quantitative estimate of drug-likeness (QED) is 0.548. The van der Waals surface area contributed by atoms with Gasteiger partial charge in [0, 0.05) is 22.8 Å². The van der Waals surface area contributed by atoms with Crippen LogP contribution < -0.4 is 21.8 Å². The highest BCUT2D eigenvalue weighted by atomic mass is 16.5. The highest BCUT2D eigenvalue weighted by molar-refractivity contribution is 6.04. The Morgan fingerprint density at radius 2 is 1.92 bits per heavy atom. The van der Waals surface area contributed by atoms with Crippen LogP contribution in [0.2, 0.25) is 0 Å². The zero-order chi connectivity index (χ0) is 21.3. The maximum atomic E-state index is 13.2. The van der Waals surface area contributed by atoms with Crippen molar-refractivity contribution in [2.45, 2.75) is 6.92 Å². The first-order valence-electron chi connectivity index (χ1n) is 9.32. The molecule has 0 atom stereocenters. The second kappa shape index (κ2) is 6.79. The predicted octanol–water partition coefficient (Wildman–Crippen LogP) is 2.34. The summed E-state index contributed by atoms with van der Waals surface area (Å²) < 4.78 is 32.6. The molecular weight excluding hydrogens is 334 g/mol. The van der Waals surface area contributed by atoms with Gasteiger partial charge in [-0.05, 0) is 43.3 Å². The normalized spacial score (nSPS) is 12.9. The van der Waals surface area contributed by atoms with E-state index in [0.717, 1.165) is 0 Å². The largest absolute Gasteiger partial charge is 0.494 e. The van der Waals surface area contributed by atoms with Gasteiger partial charge in [0.05, 0.1) is 29.0 Å². The molecule has 0 saturated heterocycles. The second-order valence-electron chi connectivity index (χ2n) is 5.52. The van der Waals surface area contributed by atoms with E-state index in [0.29, 0.717) is 34.6 Å². The van der Waals surface area contributed by atoms with Gasteiger partial charge in [-0.1, -0.05) is 0 Å². The number of hydrogen-bond donors (Lipinski definition) is 2. The number of aromatic nitrogens is 1. The van der Waals surface area contributed by atoms with E-state index in [2.05, 4.69) is 4.74 Å². The van der Waals surface area contributed by atoms with Crippen molar-refractivity contribution < 1.29 is 18.4 Å². The first-order chi connectivity index (χ1) is 13.6. The van der Waals surface area contributed by atoms with Crippen molar-refractivity contribution in [1.82, 2.24) is 4.57 Å². The van der Waals surface area contributed by atoms with Crippen LogP contribution in [-0.2, 0) is 4.74 Å². The van der Waals surface area contributed by atoms with Crippen LogP contribution in [0, 0.1) is 0 Å². The maximum Gasteiger partial charge on any atom is 0.345 e. The number of methoxy groups -OCH3 is 1. The van der Waals surface area contributed by atoms with Gasteiger partial charge in [0.1, 0.15) is 11.3 Å². The Morgan fingerprint density at radius 3 is 2.58 bits per heavy atom. The van der Waals surface area contributed by atoms with Gasteiger partial charge in [-0.25, -0.2) is 4.79 Å². The van der Waals surface area contributed by atoms with E-state index in [4.69, 9.17) is 20.3 Å². The lowest BCUT2D eigenvalue weighted by molar-refractivity contribution is 0.0600. The van der Waals surface area contributed by atoms with E-state index in [9.17, 15) is 9.59 Å². The SMILES string of the molecule is [2H]C([2H])([2H])OC(=O)c1c(N)c2ccc(OCC)cc2n(-c2ccc(N)cc2)c1=O. The molecule has 0 aliphatic heterocycles. The molecular formula is C19H19N3O4. The first-order valence-corrected chi connectivity index (χ1v) is 7.82. The Hall–Kier alpha value is -3.48. The fraction of sp³-hybridized carbons (Fsp3) is 0.158. The minimum atomic E-state index is -3.02.